The standard InChI is InChI=1S/C8H14O4/c1-5(2)8(10)11-4-7-6(3-9)12-7/h5-7,9H,3-4H2,1-2H3/t6-,7+/m0/s1. The molecule has 1 saturated heterocycles. The summed E-state index contributed by atoms with van der Waals surface area (Å²) in [7, 11) is 0. The number of epoxide rings is 1. The van der Waals surface area contributed by atoms with E-state index in [1.165, 1.54) is 0 Å². The molecule has 12 heavy (non-hydrogen) atoms. The molecule has 0 aromatic carbocycles. The number of ether oxygens (including phenoxy) is 2. The maximum Gasteiger partial charge on any atom is 0.308 e. The topological polar surface area (TPSA) is 59.1 Å². The van der Waals surface area contributed by atoms with Gasteiger partial charge in [0.05, 0.1) is 12.5 Å². The van der Waals surface area contributed by atoms with Crippen molar-refractivity contribution < 1.29 is 19.4 Å². The summed E-state index contributed by atoms with van der Waals surface area (Å²) in [5.74, 6) is -0.321. The van der Waals surface area contributed by atoms with E-state index in [4.69, 9.17) is 14.6 Å². The van der Waals surface area contributed by atoms with Crippen molar-refractivity contribution >= 4 is 5.97 Å². The summed E-state index contributed by atoms with van der Waals surface area (Å²) in [6, 6.07) is 0. The third-order valence-electron chi connectivity index (χ3n) is 1.73. The number of hydrogen-bond acceptors (Lipinski definition) is 4. The minimum atomic E-state index is -0.220. The number of aliphatic hydroxyl groups is 1. The Kier molecular flexibility index (Phi) is 3.05. The molecule has 1 heterocycles. The second-order valence-corrected chi connectivity index (χ2v) is 3.18. The van der Waals surface area contributed by atoms with E-state index in [9.17, 15) is 4.79 Å². The van der Waals surface area contributed by atoms with Crippen LogP contribution in [0.15, 0.2) is 0 Å². The second kappa shape index (κ2) is 3.87. The molecule has 70 valence electrons. The van der Waals surface area contributed by atoms with Gasteiger partial charge in [0.15, 0.2) is 0 Å². The quantitative estimate of drug-likeness (QED) is 0.479. The average Bonchev–Trinajstić information content (AvgIpc) is 2.78. The van der Waals surface area contributed by atoms with Crippen LogP contribution in [0.2, 0.25) is 0 Å². The second-order valence-electron chi connectivity index (χ2n) is 3.18. The van der Waals surface area contributed by atoms with Gasteiger partial charge in [-0.15, -0.1) is 0 Å². The maximum atomic E-state index is 10.9. The monoisotopic (exact) mass is 174 g/mol. The minimum absolute atomic E-state index is 0.00386. The zero-order valence-electron chi connectivity index (χ0n) is 7.32. The van der Waals surface area contributed by atoms with E-state index in [1.54, 1.807) is 13.8 Å². The summed E-state index contributed by atoms with van der Waals surface area (Å²) < 4.78 is 9.85. The molecule has 2 atom stereocenters. The highest BCUT2D eigenvalue weighted by Gasteiger charge is 2.39. The number of hydrogen-bond donors (Lipinski definition) is 1. The Balaban J connectivity index is 2.07. The highest BCUT2D eigenvalue weighted by atomic mass is 16.6. The fourth-order valence-electron chi connectivity index (χ4n) is 0.817. The minimum Gasteiger partial charge on any atom is -0.463 e. The van der Waals surface area contributed by atoms with Gasteiger partial charge in [-0.1, -0.05) is 13.8 Å². The van der Waals surface area contributed by atoms with Crippen molar-refractivity contribution in [3.05, 3.63) is 0 Å². The SMILES string of the molecule is CC(C)C(=O)OC[C@H]1O[C@H]1CO. The summed E-state index contributed by atoms with van der Waals surface area (Å²) >= 11 is 0. The van der Waals surface area contributed by atoms with Crippen LogP contribution in [0.3, 0.4) is 0 Å². The average molecular weight is 174 g/mol. The Morgan fingerprint density at radius 2 is 2.25 bits per heavy atom. The van der Waals surface area contributed by atoms with Crippen LogP contribution in [0.5, 0.6) is 0 Å². The van der Waals surface area contributed by atoms with Gasteiger partial charge in [-0.3, -0.25) is 4.79 Å². The number of carbonyl (C=O) groups is 1. The predicted molar refractivity (Wildman–Crippen MR) is 41.5 cm³/mol. The van der Waals surface area contributed by atoms with Gasteiger partial charge in [-0.2, -0.15) is 0 Å². The lowest BCUT2D eigenvalue weighted by Crippen LogP contribution is -2.16. The Morgan fingerprint density at radius 3 is 2.67 bits per heavy atom. The van der Waals surface area contributed by atoms with Crippen molar-refractivity contribution in [1.82, 2.24) is 0 Å². The molecule has 0 aliphatic carbocycles. The van der Waals surface area contributed by atoms with Crippen molar-refractivity contribution in [2.45, 2.75) is 26.1 Å². The van der Waals surface area contributed by atoms with Gasteiger partial charge in [-0.05, 0) is 0 Å². The summed E-state index contributed by atoms with van der Waals surface area (Å²) in [4.78, 5) is 10.9. The molecule has 0 radical (unpaired) electrons. The summed E-state index contributed by atoms with van der Waals surface area (Å²) in [5.41, 5.74) is 0. The molecule has 1 aliphatic heterocycles. The third kappa shape index (κ3) is 2.46. The fourth-order valence-corrected chi connectivity index (χ4v) is 0.817. The third-order valence-corrected chi connectivity index (χ3v) is 1.73. The van der Waals surface area contributed by atoms with Crippen molar-refractivity contribution in [2.24, 2.45) is 5.92 Å². The van der Waals surface area contributed by atoms with E-state index in [-0.39, 0.29) is 37.3 Å². The van der Waals surface area contributed by atoms with E-state index in [1.807, 2.05) is 0 Å². The first-order valence-corrected chi connectivity index (χ1v) is 4.08. The van der Waals surface area contributed by atoms with E-state index in [0.29, 0.717) is 0 Å². The molecule has 4 heteroatoms. The number of aliphatic hydroxyl groups excluding tert-OH is 1. The van der Waals surface area contributed by atoms with E-state index < -0.39 is 0 Å². The largest absolute Gasteiger partial charge is 0.463 e. The van der Waals surface area contributed by atoms with Crippen LogP contribution in [0.1, 0.15) is 13.8 Å². The van der Waals surface area contributed by atoms with Gasteiger partial charge in [0.25, 0.3) is 0 Å². The molecule has 0 saturated carbocycles. The van der Waals surface area contributed by atoms with Gasteiger partial charge in [0.1, 0.15) is 18.8 Å². The molecule has 0 unspecified atom stereocenters. The molecule has 0 aromatic rings. The first-order valence-electron chi connectivity index (χ1n) is 4.08. The highest BCUT2D eigenvalue weighted by Crippen LogP contribution is 2.21. The van der Waals surface area contributed by atoms with Crippen LogP contribution in [-0.2, 0) is 14.3 Å². The lowest BCUT2D eigenvalue weighted by atomic mass is 10.2. The molecular formula is C8H14O4. The lowest BCUT2D eigenvalue weighted by Gasteiger charge is -2.04. The summed E-state index contributed by atoms with van der Waals surface area (Å²) in [5, 5.41) is 8.59. The van der Waals surface area contributed by atoms with Crippen LogP contribution in [0.4, 0.5) is 0 Å². The first kappa shape index (κ1) is 9.48. The molecule has 0 aromatic heterocycles. The zero-order chi connectivity index (χ0) is 9.14. The van der Waals surface area contributed by atoms with Gasteiger partial charge < -0.3 is 14.6 Å². The van der Waals surface area contributed by atoms with Gasteiger partial charge in [0.2, 0.25) is 0 Å². The van der Waals surface area contributed by atoms with E-state index in [0.717, 1.165) is 0 Å². The Bertz CT molecular complexity index is 166. The van der Waals surface area contributed by atoms with Gasteiger partial charge in [0, 0.05) is 0 Å². The normalized spacial score (nSPS) is 27.3. The molecule has 0 bridgehead atoms. The van der Waals surface area contributed by atoms with Crippen LogP contribution in [0, 0.1) is 5.92 Å². The van der Waals surface area contributed by atoms with Gasteiger partial charge in [-0.25, -0.2) is 0 Å². The van der Waals surface area contributed by atoms with E-state index >= 15 is 0 Å². The Labute approximate surface area is 71.5 Å². The van der Waals surface area contributed by atoms with Crippen molar-refractivity contribution in [3.63, 3.8) is 0 Å². The van der Waals surface area contributed by atoms with Crippen LogP contribution in [0.25, 0.3) is 0 Å². The predicted octanol–water partition coefficient (Wildman–Crippen LogP) is -0.0547. The molecule has 1 rings (SSSR count). The summed E-state index contributed by atoms with van der Waals surface area (Å²) in [6.45, 7) is 3.82. The van der Waals surface area contributed by atoms with E-state index in [2.05, 4.69) is 0 Å². The molecule has 0 amide bonds. The molecular weight excluding hydrogens is 160 g/mol. The summed E-state index contributed by atoms with van der Waals surface area (Å²) in [6.07, 6.45) is -0.206. The molecule has 4 nitrogen and oxygen atoms in total. The van der Waals surface area contributed by atoms with Crippen molar-refractivity contribution in [2.75, 3.05) is 13.2 Å². The van der Waals surface area contributed by atoms with Crippen molar-refractivity contribution in [1.29, 1.82) is 0 Å². The molecule has 0 spiro atoms. The van der Waals surface area contributed by atoms with Crippen molar-refractivity contribution in [3.8, 4) is 0 Å². The van der Waals surface area contributed by atoms with Crippen LogP contribution in [-0.4, -0.2) is 36.5 Å². The molecule has 1 aliphatic rings. The Hall–Kier alpha value is -0.610. The van der Waals surface area contributed by atoms with Crippen LogP contribution < -0.4 is 0 Å². The Morgan fingerprint density at radius 1 is 1.58 bits per heavy atom. The highest BCUT2D eigenvalue weighted by molar-refractivity contribution is 5.71. The molecule has 1 fully saturated rings. The number of esters is 1. The first-order chi connectivity index (χ1) is 5.65. The molecule has 1 N–H and O–H groups in total. The van der Waals surface area contributed by atoms with Crippen LogP contribution >= 0.6 is 0 Å². The smallest absolute Gasteiger partial charge is 0.308 e. The number of rotatable bonds is 4. The lowest BCUT2D eigenvalue weighted by molar-refractivity contribution is -0.147. The van der Waals surface area contributed by atoms with Gasteiger partial charge >= 0.3 is 5.97 Å². The number of carbonyl (C=O) groups excluding carboxylic acids is 1. The maximum absolute atomic E-state index is 10.9. The zero-order valence-corrected chi connectivity index (χ0v) is 7.32. The fraction of sp³-hybridized carbons (Fsp3) is 0.875.